The summed E-state index contributed by atoms with van der Waals surface area (Å²) < 4.78 is 5.06. The van der Waals surface area contributed by atoms with E-state index >= 15 is 0 Å². The Morgan fingerprint density at radius 2 is 1.59 bits per heavy atom. The first-order valence-electron chi connectivity index (χ1n) is 9.28. The Morgan fingerprint density at radius 1 is 1.00 bits per heavy atom. The van der Waals surface area contributed by atoms with Crippen LogP contribution in [0.3, 0.4) is 0 Å². The van der Waals surface area contributed by atoms with Crippen molar-refractivity contribution in [3.8, 4) is 0 Å². The zero-order valence-corrected chi connectivity index (χ0v) is 16.8. The van der Waals surface area contributed by atoms with Crippen molar-refractivity contribution in [2.45, 2.75) is 59.6 Å². The van der Waals surface area contributed by atoms with Gasteiger partial charge < -0.3 is 20.7 Å². The van der Waals surface area contributed by atoms with E-state index in [0.717, 1.165) is 24.1 Å². The highest BCUT2D eigenvalue weighted by Crippen LogP contribution is 2.14. The van der Waals surface area contributed by atoms with E-state index in [9.17, 15) is 14.4 Å². The highest BCUT2D eigenvalue weighted by molar-refractivity contribution is 5.92. The Labute approximate surface area is 161 Å². The minimum atomic E-state index is -0.629. The fourth-order valence-electron chi connectivity index (χ4n) is 2.34. The van der Waals surface area contributed by atoms with Crippen molar-refractivity contribution in [1.29, 1.82) is 0 Å². The number of nitrogens with one attached hydrogen (secondary N) is 3. The quantitative estimate of drug-likeness (QED) is 0.648. The van der Waals surface area contributed by atoms with Gasteiger partial charge in [-0.3, -0.25) is 9.59 Å². The lowest BCUT2D eigenvalue weighted by molar-refractivity contribution is -0.121. The predicted octanol–water partition coefficient (Wildman–Crippen LogP) is 3.20. The fourth-order valence-corrected chi connectivity index (χ4v) is 2.34. The third kappa shape index (κ3) is 9.08. The second kappa shape index (κ2) is 10.5. The van der Waals surface area contributed by atoms with Crippen LogP contribution in [0.1, 0.15) is 53.0 Å². The average Bonchev–Trinajstić information content (AvgIpc) is 2.59. The third-order valence-electron chi connectivity index (χ3n) is 3.86. The fraction of sp³-hybridized carbons (Fsp3) is 0.550. The number of alkyl carbamates (subject to hydrolysis) is 1. The first kappa shape index (κ1) is 22.5. The molecular weight excluding hydrogens is 346 g/mol. The summed E-state index contributed by atoms with van der Waals surface area (Å²) >= 11 is 0. The van der Waals surface area contributed by atoms with Gasteiger partial charge in [-0.15, -0.1) is 0 Å². The van der Waals surface area contributed by atoms with Gasteiger partial charge in [-0.05, 0) is 51.3 Å². The summed E-state index contributed by atoms with van der Waals surface area (Å²) in [7, 11) is 0. The van der Waals surface area contributed by atoms with Crippen LogP contribution >= 0.6 is 0 Å². The van der Waals surface area contributed by atoms with Gasteiger partial charge in [0.1, 0.15) is 12.1 Å². The first-order valence-corrected chi connectivity index (χ1v) is 9.28. The summed E-state index contributed by atoms with van der Waals surface area (Å²) in [4.78, 5) is 35.4. The number of amides is 3. The normalized spacial score (nSPS) is 11.0. The molecule has 1 rings (SSSR count). The first-order chi connectivity index (χ1) is 12.6. The van der Waals surface area contributed by atoms with Crippen LogP contribution in [0, 0.1) is 5.92 Å². The second-order valence-electron chi connectivity index (χ2n) is 7.33. The molecule has 0 atom stereocenters. The molecule has 7 heteroatoms. The smallest absolute Gasteiger partial charge is 0.408 e. The molecule has 1 aromatic carbocycles. The Hall–Kier alpha value is -2.57. The topological polar surface area (TPSA) is 96.5 Å². The van der Waals surface area contributed by atoms with E-state index in [-0.39, 0.29) is 24.3 Å². The van der Waals surface area contributed by atoms with Crippen molar-refractivity contribution < 1.29 is 19.1 Å². The summed E-state index contributed by atoms with van der Waals surface area (Å²) in [5, 5.41) is 8.02. The molecule has 3 amide bonds. The van der Waals surface area contributed by atoms with Gasteiger partial charge in [0, 0.05) is 18.2 Å². The Bertz CT molecular complexity index is 632. The molecule has 0 saturated heterocycles. The molecule has 0 aromatic heterocycles. The molecule has 27 heavy (non-hydrogen) atoms. The molecule has 0 unspecified atom stereocenters. The van der Waals surface area contributed by atoms with Crippen molar-refractivity contribution in [3.05, 3.63) is 29.8 Å². The molecule has 3 N–H and O–H groups in total. The van der Waals surface area contributed by atoms with Crippen molar-refractivity contribution in [3.63, 3.8) is 0 Å². The van der Waals surface area contributed by atoms with E-state index in [1.54, 1.807) is 32.9 Å². The lowest BCUT2D eigenvalue weighted by Gasteiger charge is -2.19. The Kier molecular flexibility index (Phi) is 8.78. The van der Waals surface area contributed by atoms with E-state index in [4.69, 9.17) is 4.74 Å². The monoisotopic (exact) mass is 377 g/mol. The molecule has 0 radical (unpaired) electrons. The molecule has 0 aliphatic carbocycles. The maximum atomic E-state index is 12.1. The number of carbonyl (C=O) groups excluding carboxylic acids is 3. The van der Waals surface area contributed by atoms with E-state index in [2.05, 4.69) is 16.0 Å². The summed E-state index contributed by atoms with van der Waals surface area (Å²) in [6.07, 6.45) is 0.989. The molecule has 1 aromatic rings. The van der Waals surface area contributed by atoms with Crippen LogP contribution < -0.4 is 16.0 Å². The van der Waals surface area contributed by atoms with Gasteiger partial charge in [0.05, 0.1) is 0 Å². The minimum absolute atomic E-state index is 0.0152. The third-order valence-corrected chi connectivity index (χ3v) is 3.86. The van der Waals surface area contributed by atoms with Gasteiger partial charge in [-0.25, -0.2) is 4.79 Å². The van der Waals surface area contributed by atoms with Crippen LogP contribution in [0.2, 0.25) is 0 Å². The summed E-state index contributed by atoms with van der Waals surface area (Å²) in [5.74, 6) is -0.275. The second-order valence-corrected chi connectivity index (χ2v) is 7.33. The highest BCUT2D eigenvalue weighted by atomic mass is 16.6. The average molecular weight is 377 g/mol. The maximum absolute atomic E-state index is 12.1. The zero-order valence-electron chi connectivity index (χ0n) is 16.8. The number of hydrogen-bond acceptors (Lipinski definition) is 4. The molecule has 0 saturated carbocycles. The highest BCUT2D eigenvalue weighted by Gasteiger charge is 2.16. The largest absolute Gasteiger partial charge is 0.444 e. The van der Waals surface area contributed by atoms with Crippen LogP contribution in [-0.2, 0) is 20.9 Å². The SMILES string of the molecule is CCC(CC)C(=O)Nc1ccc(CNC(=O)CNC(=O)OC(C)(C)C)cc1. The number of ether oxygens (including phenoxy) is 1. The van der Waals surface area contributed by atoms with Crippen molar-refractivity contribution in [2.75, 3.05) is 11.9 Å². The lowest BCUT2D eigenvalue weighted by Crippen LogP contribution is -2.39. The van der Waals surface area contributed by atoms with Gasteiger partial charge in [0.15, 0.2) is 0 Å². The zero-order chi connectivity index (χ0) is 20.4. The molecule has 0 fully saturated rings. The lowest BCUT2D eigenvalue weighted by atomic mass is 10.0. The number of benzene rings is 1. The van der Waals surface area contributed by atoms with Gasteiger partial charge in [0.2, 0.25) is 11.8 Å². The Balaban J connectivity index is 2.40. The van der Waals surface area contributed by atoms with Gasteiger partial charge in [0.25, 0.3) is 0 Å². The molecule has 0 aliphatic heterocycles. The Morgan fingerprint density at radius 3 is 2.11 bits per heavy atom. The number of hydrogen-bond donors (Lipinski definition) is 3. The van der Waals surface area contributed by atoms with Gasteiger partial charge in [-0.1, -0.05) is 26.0 Å². The van der Waals surface area contributed by atoms with Crippen LogP contribution in [0.25, 0.3) is 0 Å². The standard InChI is InChI=1S/C20H31N3O4/c1-6-15(7-2)18(25)23-16-10-8-14(9-11-16)12-21-17(24)13-22-19(26)27-20(3,4)5/h8-11,15H,6-7,12-13H2,1-5H3,(H,21,24)(H,22,26)(H,23,25). The number of anilines is 1. The van der Waals surface area contributed by atoms with Crippen molar-refractivity contribution >= 4 is 23.6 Å². The van der Waals surface area contributed by atoms with Crippen LogP contribution in [0.5, 0.6) is 0 Å². The molecule has 0 bridgehead atoms. The molecule has 0 spiro atoms. The predicted molar refractivity (Wildman–Crippen MR) is 105 cm³/mol. The van der Waals surface area contributed by atoms with Crippen molar-refractivity contribution in [2.24, 2.45) is 5.92 Å². The molecule has 7 nitrogen and oxygen atoms in total. The summed E-state index contributed by atoms with van der Waals surface area (Å²) in [5.41, 5.74) is 1.01. The summed E-state index contributed by atoms with van der Waals surface area (Å²) in [6.45, 7) is 9.43. The van der Waals surface area contributed by atoms with E-state index < -0.39 is 11.7 Å². The van der Waals surface area contributed by atoms with Gasteiger partial charge in [-0.2, -0.15) is 0 Å². The molecule has 0 aliphatic rings. The van der Waals surface area contributed by atoms with Crippen molar-refractivity contribution in [1.82, 2.24) is 10.6 Å². The summed E-state index contributed by atoms with van der Waals surface area (Å²) in [6, 6.07) is 7.29. The minimum Gasteiger partial charge on any atom is -0.444 e. The maximum Gasteiger partial charge on any atom is 0.408 e. The number of rotatable bonds is 8. The van der Waals surface area contributed by atoms with Crippen LogP contribution in [0.15, 0.2) is 24.3 Å². The molecule has 0 heterocycles. The van der Waals surface area contributed by atoms with Crippen LogP contribution in [0.4, 0.5) is 10.5 Å². The van der Waals surface area contributed by atoms with E-state index in [1.165, 1.54) is 0 Å². The van der Waals surface area contributed by atoms with E-state index in [1.807, 2.05) is 26.0 Å². The van der Waals surface area contributed by atoms with E-state index in [0.29, 0.717) is 6.54 Å². The molecular formula is C20H31N3O4. The molecule has 150 valence electrons. The van der Waals surface area contributed by atoms with Crippen LogP contribution in [-0.4, -0.2) is 30.1 Å². The van der Waals surface area contributed by atoms with Gasteiger partial charge >= 0.3 is 6.09 Å². The number of carbonyl (C=O) groups is 3.